The van der Waals surface area contributed by atoms with Crippen LogP contribution in [-0.2, 0) is 0 Å². The van der Waals surface area contributed by atoms with Gasteiger partial charge < -0.3 is 4.90 Å². The maximum Gasteiger partial charge on any atom is 0.260 e. The number of aryl methyl sites for hydroxylation is 4. The van der Waals surface area contributed by atoms with Gasteiger partial charge in [-0.3, -0.25) is 9.69 Å². The number of benzene rings is 2. The number of hydrogen-bond acceptors (Lipinski definition) is 4. The highest BCUT2D eigenvalue weighted by Crippen LogP contribution is 2.32. The minimum atomic E-state index is 0. The molecule has 0 aliphatic carbocycles. The van der Waals surface area contributed by atoms with E-state index in [4.69, 9.17) is 4.98 Å². The van der Waals surface area contributed by atoms with Gasteiger partial charge in [0.1, 0.15) is 0 Å². The first kappa shape index (κ1) is 23.3. The number of amides is 1. The molecule has 1 aromatic heterocycles. The topological polar surface area (TPSA) is 36.4 Å². The van der Waals surface area contributed by atoms with Gasteiger partial charge in [-0.15, -0.1) is 12.4 Å². The summed E-state index contributed by atoms with van der Waals surface area (Å²) < 4.78 is 1.14. The minimum Gasteiger partial charge on any atom is -0.309 e. The predicted octanol–water partition coefficient (Wildman–Crippen LogP) is 5.55. The molecule has 0 unspecified atom stereocenters. The summed E-state index contributed by atoms with van der Waals surface area (Å²) in [5.74, 6) is 0.0234. The highest BCUT2D eigenvalue weighted by Gasteiger charge is 2.22. The molecular weight excluding hydrogens is 402 g/mol. The van der Waals surface area contributed by atoms with E-state index in [0.29, 0.717) is 6.54 Å². The normalized spacial score (nSPS) is 11.0. The first-order valence-corrected chi connectivity index (χ1v) is 10.5. The van der Waals surface area contributed by atoms with Crippen LogP contribution in [0.5, 0.6) is 0 Å². The van der Waals surface area contributed by atoms with Gasteiger partial charge in [0.15, 0.2) is 5.13 Å². The zero-order chi connectivity index (χ0) is 20.4. The Bertz CT molecular complexity index is 1010. The average Bonchev–Trinajstić information content (AvgIpc) is 3.04. The van der Waals surface area contributed by atoms with Crippen LogP contribution in [0.4, 0.5) is 5.13 Å². The van der Waals surface area contributed by atoms with Crippen LogP contribution in [0, 0.1) is 27.7 Å². The number of nitrogens with zero attached hydrogens (tertiary/aromatic N) is 3. The van der Waals surface area contributed by atoms with Crippen molar-refractivity contribution in [1.29, 1.82) is 0 Å². The number of fused-ring (bicyclic) bond motifs is 1. The van der Waals surface area contributed by atoms with Gasteiger partial charge in [0, 0.05) is 12.1 Å². The van der Waals surface area contributed by atoms with Crippen LogP contribution in [0.1, 0.15) is 39.0 Å². The van der Waals surface area contributed by atoms with Crippen LogP contribution in [0.25, 0.3) is 10.2 Å². The number of thiazole rings is 1. The summed E-state index contributed by atoms with van der Waals surface area (Å²) in [5, 5.41) is 0.783. The summed E-state index contributed by atoms with van der Waals surface area (Å²) in [6.07, 6.45) is 0.900. The minimum absolute atomic E-state index is 0. The van der Waals surface area contributed by atoms with Crippen molar-refractivity contribution in [2.45, 2.75) is 34.1 Å². The van der Waals surface area contributed by atoms with Crippen molar-refractivity contribution < 1.29 is 4.79 Å². The lowest BCUT2D eigenvalue weighted by Crippen LogP contribution is -2.33. The molecule has 1 amide bonds. The summed E-state index contributed by atoms with van der Waals surface area (Å²) in [4.78, 5) is 22.2. The Morgan fingerprint density at radius 2 is 1.69 bits per heavy atom. The fourth-order valence-electron chi connectivity index (χ4n) is 3.33. The molecule has 4 nitrogen and oxygen atoms in total. The maximum atomic E-state index is 13.4. The molecule has 156 valence electrons. The van der Waals surface area contributed by atoms with E-state index in [9.17, 15) is 4.79 Å². The number of carbonyl (C=O) groups is 1. The van der Waals surface area contributed by atoms with Crippen LogP contribution in [0.3, 0.4) is 0 Å². The van der Waals surface area contributed by atoms with E-state index in [1.165, 1.54) is 11.1 Å². The quantitative estimate of drug-likeness (QED) is 0.513. The number of halogens is 1. The van der Waals surface area contributed by atoms with Crippen molar-refractivity contribution in [1.82, 2.24) is 9.88 Å². The molecular formula is C23H30ClN3OS. The Labute approximate surface area is 184 Å². The van der Waals surface area contributed by atoms with E-state index < -0.39 is 0 Å². The second-order valence-electron chi connectivity index (χ2n) is 7.84. The average molecular weight is 432 g/mol. The fraction of sp³-hybridized carbons (Fsp3) is 0.391. The van der Waals surface area contributed by atoms with E-state index >= 15 is 0 Å². The summed E-state index contributed by atoms with van der Waals surface area (Å²) in [7, 11) is 4.11. The third-order valence-electron chi connectivity index (χ3n) is 5.04. The number of anilines is 1. The van der Waals surface area contributed by atoms with E-state index in [1.54, 1.807) is 11.3 Å². The van der Waals surface area contributed by atoms with Gasteiger partial charge in [0.05, 0.1) is 10.2 Å². The second-order valence-corrected chi connectivity index (χ2v) is 8.85. The molecule has 0 saturated heterocycles. The van der Waals surface area contributed by atoms with E-state index in [0.717, 1.165) is 45.0 Å². The number of carbonyl (C=O) groups excluding carboxylic acids is 1. The first-order chi connectivity index (χ1) is 13.3. The molecule has 2 aromatic carbocycles. The zero-order valence-electron chi connectivity index (χ0n) is 18.1. The van der Waals surface area contributed by atoms with Gasteiger partial charge in [-0.1, -0.05) is 23.5 Å². The summed E-state index contributed by atoms with van der Waals surface area (Å²) in [6.45, 7) is 9.88. The van der Waals surface area contributed by atoms with E-state index in [2.05, 4.69) is 51.9 Å². The number of aromatic nitrogens is 1. The molecule has 1 heterocycles. The second kappa shape index (κ2) is 9.70. The van der Waals surface area contributed by atoms with Crippen LogP contribution in [0.15, 0.2) is 30.3 Å². The molecule has 0 fully saturated rings. The van der Waals surface area contributed by atoms with Gasteiger partial charge in [-0.2, -0.15) is 0 Å². The molecule has 0 aliphatic heterocycles. The highest BCUT2D eigenvalue weighted by molar-refractivity contribution is 7.22. The third-order valence-corrected chi connectivity index (χ3v) is 6.06. The molecule has 29 heavy (non-hydrogen) atoms. The molecule has 0 atom stereocenters. The Morgan fingerprint density at radius 3 is 2.34 bits per heavy atom. The monoisotopic (exact) mass is 431 g/mol. The van der Waals surface area contributed by atoms with E-state index in [-0.39, 0.29) is 18.3 Å². The van der Waals surface area contributed by atoms with Crippen LogP contribution >= 0.6 is 23.7 Å². The molecule has 0 spiro atoms. The number of hydrogen-bond donors (Lipinski definition) is 0. The van der Waals surface area contributed by atoms with Crippen molar-refractivity contribution in [3.63, 3.8) is 0 Å². The molecule has 0 radical (unpaired) electrons. The fourth-order valence-corrected chi connectivity index (χ4v) is 4.50. The molecule has 3 aromatic rings. The largest absolute Gasteiger partial charge is 0.309 e. The summed E-state index contributed by atoms with van der Waals surface area (Å²) in [5.41, 5.74) is 6.43. The van der Waals surface area contributed by atoms with Crippen molar-refractivity contribution in [3.05, 3.63) is 58.1 Å². The van der Waals surface area contributed by atoms with Crippen LogP contribution in [0.2, 0.25) is 0 Å². The predicted molar refractivity (Wildman–Crippen MR) is 127 cm³/mol. The summed E-state index contributed by atoms with van der Waals surface area (Å²) in [6, 6.07) is 10.2. The van der Waals surface area contributed by atoms with Gasteiger partial charge in [0.25, 0.3) is 5.91 Å². The van der Waals surface area contributed by atoms with Gasteiger partial charge in [-0.25, -0.2) is 4.98 Å². The zero-order valence-corrected chi connectivity index (χ0v) is 19.7. The molecule has 6 heteroatoms. The lowest BCUT2D eigenvalue weighted by Gasteiger charge is -2.21. The lowest BCUT2D eigenvalue weighted by atomic mass is 10.1. The molecule has 0 N–H and O–H groups in total. The molecule has 3 rings (SSSR count). The standard InChI is InChI=1S/C23H29N3OS.ClH/c1-15-12-18(4)21-20(13-15)28-23(24-21)26(11-7-10-25(5)6)22(27)19-9-8-16(2)17(3)14-19;/h8-9,12-14H,7,10-11H2,1-6H3;1H. The smallest absolute Gasteiger partial charge is 0.260 e. The van der Waals surface area contributed by atoms with Crippen LogP contribution in [-0.4, -0.2) is 43.0 Å². The SMILES string of the molecule is Cc1cc(C)c2nc(N(CCCN(C)C)C(=O)c3ccc(C)c(C)c3)sc2c1.Cl. The van der Waals surface area contributed by atoms with Gasteiger partial charge in [0.2, 0.25) is 0 Å². The third kappa shape index (κ3) is 5.35. The maximum absolute atomic E-state index is 13.4. The Hall–Kier alpha value is -1.95. The first-order valence-electron chi connectivity index (χ1n) is 9.68. The van der Waals surface area contributed by atoms with Crippen molar-refractivity contribution in [3.8, 4) is 0 Å². The van der Waals surface area contributed by atoms with Gasteiger partial charge >= 0.3 is 0 Å². The van der Waals surface area contributed by atoms with E-state index in [1.807, 2.05) is 30.0 Å². The summed E-state index contributed by atoms with van der Waals surface area (Å²) >= 11 is 1.60. The van der Waals surface area contributed by atoms with Crippen molar-refractivity contribution in [2.75, 3.05) is 32.1 Å². The Balaban J connectivity index is 0.00000300. The lowest BCUT2D eigenvalue weighted by molar-refractivity contribution is 0.0986. The van der Waals surface area contributed by atoms with Crippen LogP contribution < -0.4 is 4.90 Å². The van der Waals surface area contributed by atoms with Gasteiger partial charge in [-0.05, 0) is 95.2 Å². The molecule has 0 saturated carbocycles. The Kier molecular flexibility index (Phi) is 7.80. The number of rotatable bonds is 6. The van der Waals surface area contributed by atoms with Crippen molar-refractivity contribution in [2.24, 2.45) is 0 Å². The molecule has 0 aliphatic rings. The molecule has 0 bridgehead atoms. The highest BCUT2D eigenvalue weighted by atomic mass is 35.5. The Morgan fingerprint density at radius 1 is 0.966 bits per heavy atom. The van der Waals surface area contributed by atoms with Crippen molar-refractivity contribution >= 4 is 45.0 Å².